The second-order valence-corrected chi connectivity index (χ2v) is 7.98. The molecule has 6 heteroatoms. The summed E-state index contributed by atoms with van der Waals surface area (Å²) in [6.45, 7) is 7.20. The molecule has 1 saturated heterocycles. The Hall–Kier alpha value is -2.24. The fourth-order valence-electron chi connectivity index (χ4n) is 3.84. The van der Waals surface area contributed by atoms with E-state index >= 15 is 0 Å². The number of piperazine rings is 1. The smallest absolute Gasteiger partial charge is 0.260 e. The molecule has 0 spiro atoms. The minimum atomic E-state index is 0.0197. The SMILES string of the molecule is Cc1ccc(Cl)c(OCC(=O)N2CC[NH+](Cc3ccc4c(c3)CCO4)CC2)c1. The Labute approximate surface area is 170 Å². The van der Waals surface area contributed by atoms with Gasteiger partial charge in [-0.05, 0) is 48.4 Å². The Morgan fingerprint density at radius 3 is 2.86 bits per heavy atom. The molecule has 0 saturated carbocycles. The van der Waals surface area contributed by atoms with Gasteiger partial charge in [-0.2, -0.15) is 0 Å². The summed E-state index contributed by atoms with van der Waals surface area (Å²) in [6, 6.07) is 12.1. The number of rotatable bonds is 5. The van der Waals surface area contributed by atoms with Gasteiger partial charge < -0.3 is 19.3 Å². The fraction of sp³-hybridized carbons (Fsp3) is 0.409. The number of hydrogen-bond acceptors (Lipinski definition) is 3. The highest BCUT2D eigenvalue weighted by Crippen LogP contribution is 2.26. The van der Waals surface area contributed by atoms with Crippen molar-refractivity contribution in [3.63, 3.8) is 0 Å². The van der Waals surface area contributed by atoms with Gasteiger partial charge in [0.2, 0.25) is 0 Å². The van der Waals surface area contributed by atoms with Crippen LogP contribution in [-0.4, -0.2) is 50.2 Å². The van der Waals surface area contributed by atoms with Crippen LogP contribution in [0.3, 0.4) is 0 Å². The summed E-state index contributed by atoms with van der Waals surface area (Å²) in [5.41, 5.74) is 3.72. The van der Waals surface area contributed by atoms with E-state index < -0.39 is 0 Å². The number of nitrogens with zero attached hydrogens (tertiary/aromatic N) is 1. The summed E-state index contributed by atoms with van der Waals surface area (Å²) in [5, 5.41) is 0.535. The molecule has 2 heterocycles. The highest BCUT2D eigenvalue weighted by molar-refractivity contribution is 6.32. The molecule has 0 radical (unpaired) electrons. The van der Waals surface area contributed by atoms with E-state index in [-0.39, 0.29) is 12.5 Å². The zero-order valence-corrected chi connectivity index (χ0v) is 16.9. The minimum Gasteiger partial charge on any atom is -0.493 e. The van der Waals surface area contributed by atoms with Crippen LogP contribution < -0.4 is 14.4 Å². The van der Waals surface area contributed by atoms with E-state index in [0.29, 0.717) is 10.8 Å². The van der Waals surface area contributed by atoms with E-state index in [1.807, 2.05) is 24.0 Å². The fourth-order valence-corrected chi connectivity index (χ4v) is 4.01. The zero-order valence-electron chi connectivity index (χ0n) is 16.2. The van der Waals surface area contributed by atoms with E-state index in [1.165, 1.54) is 16.0 Å². The maximum absolute atomic E-state index is 12.5. The highest BCUT2D eigenvalue weighted by Gasteiger charge is 2.24. The monoisotopic (exact) mass is 401 g/mol. The van der Waals surface area contributed by atoms with Crippen LogP contribution in [0.5, 0.6) is 11.5 Å². The zero-order chi connectivity index (χ0) is 19.5. The highest BCUT2D eigenvalue weighted by atomic mass is 35.5. The number of benzene rings is 2. The summed E-state index contributed by atoms with van der Waals surface area (Å²) in [7, 11) is 0. The lowest BCUT2D eigenvalue weighted by atomic mass is 10.1. The van der Waals surface area contributed by atoms with Gasteiger partial charge in [0.25, 0.3) is 5.91 Å². The largest absolute Gasteiger partial charge is 0.493 e. The molecular formula is C22H26ClN2O3+. The second-order valence-electron chi connectivity index (χ2n) is 7.57. The van der Waals surface area contributed by atoms with Crippen molar-refractivity contribution >= 4 is 17.5 Å². The van der Waals surface area contributed by atoms with Gasteiger partial charge >= 0.3 is 0 Å². The Kier molecular flexibility index (Phi) is 5.74. The number of amides is 1. The minimum absolute atomic E-state index is 0.0197. The number of quaternary nitrogens is 1. The number of aryl methyl sites for hydroxylation is 1. The van der Waals surface area contributed by atoms with Crippen LogP contribution in [-0.2, 0) is 17.8 Å². The Balaban J connectivity index is 1.25. The van der Waals surface area contributed by atoms with Gasteiger partial charge in [0.15, 0.2) is 6.61 Å². The first kappa shape index (κ1) is 19.1. The van der Waals surface area contributed by atoms with Crippen molar-refractivity contribution in [3.8, 4) is 11.5 Å². The van der Waals surface area contributed by atoms with Crippen LogP contribution >= 0.6 is 11.6 Å². The van der Waals surface area contributed by atoms with Gasteiger partial charge in [-0.25, -0.2) is 0 Å². The lowest BCUT2D eigenvalue weighted by molar-refractivity contribution is -0.917. The van der Waals surface area contributed by atoms with Crippen molar-refractivity contribution in [2.75, 3.05) is 39.4 Å². The van der Waals surface area contributed by atoms with E-state index in [4.69, 9.17) is 21.1 Å². The second kappa shape index (κ2) is 8.41. The number of hydrogen-bond donors (Lipinski definition) is 1. The topological polar surface area (TPSA) is 43.2 Å². The van der Waals surface area contributed by atoms with Crippen LogP contribution in [0.2, 0.25) is 5.02 Å². The molecule has 2 aliphatic rings. The normalized spacial score (nSPS) is 16.6. The van der Waals surface area contributed by atoms with Gasteiger partial charge in [-0.15, -0.1) is 0 Å². The average Bonchev–Trinajstić information content (AvgIpc) is 3.17. The maximum atomic E-state index is 12.5. The van der Waals surface area contributed by atoms with Gasteiger partial charge in [0.1, 0.15) is 18.0 Å². The van der Waals surface area contributed by atoms with Gasteiger partial charge in [-0.1, -0.05) is 17.7 Å². The molecule has 4 rings (SSSR count). The van der Waals surface area contributed by atoms with E-state index in [9.17, 15) is 4.79 Å². The van der Waals surface area contributed by atoms with Crippen molar-refractivity contribution in [2.24, 2.45) is 0 Å². The molecule has 0 aromatic heterocycles. The molecule has 2 aromatic rings. The third kappa shape index (κ3) is 4.42. The Bertz CT molecular complexity index is 863. The van der Waals surface area contributed by atoms with Gasteiger partial charge in [0, 0.05) is 12.0 Å². The molecule has 0 aliphatic carbocycles. The third-order valence-corrected chi connectivity index (χ3v) is 5.78. The summed E-state index contributed by atoms with van der Waals surface area (Å²) in [4.78, 5) is 15.9. The maximum Gasteiger partial charge on any atom is 0.260 e. The molecule has 2 aliphatic heterocycles. The van der Waals surface area contributed by atoms with Crippen molar-refractivity contribution in [1.82, 2.24) is 4.90 Å². The molecule has 148 valence electrons. The molecule has 0 atom stereocenters. The van der Waals surface area contributed by atoms with Crippen LogP contribution in [0.1, 0.15) is 16.7 Å². The number of carbonyl (C=O) groups excluding carboxylic acids is 1. The standard InChI is InChI=1S/C22H25ClN2O3/c1-16-2-4-19(23)21(12-16)28-15-22(26)25-9-7-24(8-10-25)14-17-3-5-20-18(13-17)6-11-27-20/h2-5,12-13H,6-11,14-15H2,1H3/p+1. The number of fused-ring (bicyclic) bond motifs is 1. The summed E-state index contributed by atoms with van der Waals surface area (Å²) >= 11 is 6.14. The Morgan fingerprint density at radius 1 is 1.21 bits per heavy atom. The number of nitrogens with one attached hydrogen (secondary N) is 1. The Morgan fingerprint density at radius 2 is 2.04 bits per heavy atom. The summed E-state index contributed by atoms with van der Waals surface area (Å²) in [6.07, 6.45) is 1.01. The molecule has 5 nitrogen and oxygen atoms in total. The molecule has 2 aromatic carbocycles. The number of carbonyl (C=O) groups is 1. The molecule has 0 unspecified atom stereocenters. The predicted octanol–water partition coefficient (Wildman–Crippen LogP) is 1.89. The molecule has 1 amide bonds. The third-order valence-electron chi connectivity index (χ3n) is 5.47. The quantitative estimate of drug-likeness (QED) is 0.832. The first-order valence-corrected chi connectivity index (χ1v) is 10.2. The summed E-state index contributed by atoms with van der Waals surface area (Å²) < 4.78 is 11.2. The molecule has 0 bridgehead atoms. The first-order valence-electron chi connectivity index (χ1n) is 9.83. The van der Waals surface area contributed by atoms with Gasteiger partial charge in [0.05, 0.1) is 37.8 Å². The predicted molar refractivity (Wildman–Crippen MR) is 108 cm³/mol. The van der Waals surface area contributed by atoms with Crippen molar-refractivity contribution in [1.29, 1.82) is 0 Å². The molecular weight excluding hydrogens is 376 g/mol. The lowest BCUT2D eigenvalue weighted by Gasteiger charge is -2.32. The molecule has 1 fully saturated rings. The van der Waals surface area contributed by atoms with E-state index in [0.717, 1.165) is 57.1 Å². The van der Waals surface area contributed by atoms with E-state index in [1.54, 1.807) is 6.07 Å². The number of ether oxygens (including phenoxy) is 2. The van der Waals surface area contributed by atoms with E-state index in [2.05, 4.69) is 18.2 Å². The molecule has 28 heavy (non-hydrogen) atoms. The van der Waals surface area contributed by atoms with Gasteiger partial charge in [-0.3, -0.25) is 4.79 Å². The van der Waals surface area contributed by atoms with Crippen LogP contribution in [0.4, 0.5) is 0 Å². The number of halogens is 1. The van der Waals surface area contributed by atoms with Crippen molar-refractivity contribution in [2.45, 2.75) is 19.9 Å². The van der Waals surface area contributed by atoms with Crippen LogP contribution in [0.25, 0.3) is 0 Å². The summed E-state index contributed by atoms with van der Waals surface area (Å²) in [5.74, 6) is 1.62. The van der Waals surface area contributed by atoms with Crippen molar-refractivity contribution < 1.29 is 19.2 Å². The average molecular weight is 402 g/mol. The lowest BCUT2D eigenvalue weighted by Crippen LogP contribution is -3.13. The van der Waals surface area contributed by atoms with Crippen LogP contribution in [0.15, 0.2) is 36.4 Å². The van der Waals surface area contributed by atoms with Crippen molar-refractivity contribution in [3.05, 3.63) is 58.1 Å². The molecule has 1 N–H and O–H groups in total. The van der Waals surface area contributed by atoms with Crippen LogP contribution in [0, 0.1) is 6.92 Å². The first-order chi connectivity index (χ1) is 13.6.